The fraction of sp³-hybridized carbons (Fsp3) is 0.250. The molecule has 8 heteroatoms. The highest BCUT2D eigenvalue weighted by Gasteiger charge is 2.31. The second-order valence-corrected chi connectivity index (χ2v) is 9.85. The minimum atomic E-state index is -4.12. The third-order valence-electron chi connectivity index (χ3n) is 5.70. The van der Waals surface area contributed by atoms with Gasteiger partial charge in [-0.15, -0.1) is 5.92 Å². The maximum absolute atomic E-state index is 14.1. The van der Waals surface area contributed by atoms with Crippen LogP contribution in [0.15, 0.2) is 71.6 Å². The van der Waals surface area contributed by atoms with Crippen LogP contribution in [0.1, 0.15) is 47.8 Å². The first-order valence-electron chi connectivity index (χ1n) is 11.6. The van der Waals surface area contributed by atoms with Crippen molar-refractivity contribution < 1.29 is 23.2 Å². The van der Waals surface area contributed by atoms with Gasteiger partial charge in [-0.05, 0) is 66.8 Å². The largest absolute Gasteiger partial charge is 0.481 e. The average Bonchev–Trinajstić information content (AvgIpc) is 2.91. The number of hydroxylamine groups is 1. The average molecular weight is 507 g/mol. The Balaban J connectivity index is 2.19. The first kappa shape index (κ1) is 26.8. The zero-order valence-corrected chi connectivity index (χ0v) is 21.4. The van der Waals surface area contributed by atoms with Crippen molar-refractivity contribution in [2.45, 2.75) is 45.1 Å². The van der Waals surface area contributed by atoms with E-state index in [1.165, 1.54) is 16.4 Å². The van der Waals surface area contributed by atoms with Gasteiger partial charge in [0.05, 0.1) is 22.7 Å². The number of rotatable bonds is 10. The number of sulfonamides is 1. The Labute approximate surface area is 212 Å². The number of amides is 1. The van der Waals surface area contributed by atoms with E-state index in [2.05, 4.69) is 11.8 Å². The monoisotopic (exact) mass is 506 g/mol. The fourth-order valence-electron chi connectivity index (χ4n) is 3.82. The summed E-state index contributed by atoms with van der Waals surface area (Å²) in [5, 5.41) is 9.46. The zero-order chi connectivity index (χ0) is 26.1. The lowest BCUT2D eigenvalue weighted by molar-refractivity contribution is 0.0707. The van der Waals surface area contributed by atoms with Crippen LogP contribution >= 0.6 is 0 Å². The Bertz CT molecular complexity index is 1360. The molecule has 0 aliphatic heterocycles. The number of benzene rings is 3. The summed E-state index contributed by atoms with van der Waals surface area (Å²) in [5.41, 5.74) is 4.30. The van der Waals surface area contributed by atoms with Gasteiger partial charge >= 0.3 is 0 Å². The van der Waals surface area contributed by atoms with Crippen LogP contribution in [0.5, 0.6) is 5.75 Å². The zero-order valence-electron chi connectivity index (χ0n) is 20.6. The fourth-order valence-corrected chi connectivity index (χ4v) is 5.33. The molecule has 0 saturated carbocycles. The van der Waals surface area contributed by atoms with Crippen molar-refractivity contribution in [1.82, 2.24) is 5.48 Å². The van der Waals surface area contributed by atoms with Gasteiger partial charge in [0.2, 0.25) is 0 Å². The molecule has 0 unspecified atom stereocenters. The molecule has 0 fully saturated rings. The van der Waals surface area contributed by atoms with Crippen LogP contribution < -0.4 is 14.5 Å². The van der Waals surface area contributed by atoms with Crippen LogP contribution in [0.2, 0.25) is 0 Å². The van der Waals surface area contributed by atoms with E-state index in [9.17, 15) is 18.4 Å². The third kappa shape index (κ3) is 6.06. The van der Waals surface area contributed by atoms with Crippen LogP contribution in [0.25, 0.3) is 0 Å². The van der Waals surface area contributed by atoms with Crippen molar-refractivity contribution in [3.8, 4) is 17.6 Å². The molecule has 0 saturated heterocycles. The van der Waals surface area contributed by atoms with Crippen LogP contribution in [0.3, 0.4) is 0 Å². The van der Waals surface area contributed by atoms with Gasteiger partial charge < -0.3 is 4.74 Å². The predicted molar refractivity (Wildman–Crippen MR) is 140 cm³/mol. The van der Waals surface area contributed by atoms with Crippen molar-refractivity contribution in [2.24, 2.45) is 0 Å². The van der Waals surface area contributed by atoms with Gasteiger partial charge in [-0.1, -0.05) is 56.2 Å². The number of ether oxygens (including phenoxy) is 1. The minimum Gasteiger partial charge on any atom is -0.481 e. The normalized spacial score (nSPS) is 10.8. The highest BCUT2D eigenvalue weighted by atomic mass is 32.2. The molecule has 0 heterocycles. The van der Waals surface area contributed by atoms with E-state index >= 15 is 0 Å². The molecule has 188 valence electrons. The number of anilines is 1. The van der Waals surface area contributed by atoms with Crippen molar-refractivity contribution in [3.63, 3.8) is 0 Å². The number of carbonyl (C=O) groups excluding carboxylic acids is 1. The predicted octanol–water partition coefficient (Wildman–Crippen LogP) is 4.73. The molecule has 0 aliphatic rings. The van der Waals surface area contributed by atoms with Crippen LogP contribution in [-0.2, 0) is 29.4 Å². The minimum absolute atomic E-state index is 0.00229. The van der Waals surface area contributed by atoms with Crippen LogP contribution in [0.4, 0.5) is 5.69 Å². The molecular formula is C28H30N2O5S. The maximum atomic E-state index is 14.1. The van der Waals surface area contributed by atoms with Crippen LogP contribution in [0, 0.1) is 11.8 Å². The molecule has 36 heavy (non-hydrogen) atoms. The molecule has 0 spiro atoms. The lowest BCUT2D eigenvalue weighted by Gasteiger charge is -2.29. The number of hydrogen-bond acceptors (Lipinski definition) is 5. The summed E-state index contributed by atoms with van der Waals surface area (Å²) in [7, 11) is -4.12. The lowest BCUT2D eigenvalue weighted by atomic mass is 9.98. The van der Waals surface area contributed by atoms with Gasteiger partial charge in [0, 0.05) is 0 Å². The van der Waals surface area contributed by atoms with E-state index in [-0.39, 0.29) is 29.3 Å². The topological polar surface area (TPSA) is 95.9 Å². The molecule has 0 radical (unpaired) electrons. The quantitative estimate of drug-likeness (QED) is 0.236. The maximum Gasteiger partial charge on any atom is 0.276 e. The second-order valence-electron chi connectivity index (χ2n) is 7.98. The van der Waals surface area contributed by atoms with Gasteiger partial charge in [-0.3, -0.25) is 14.3 Å². The Kier molecular flexibility index (Phi) is 9.12. The number of hydrogen-bond donors (Lipinski definition) is 2. The number of nitrogens with one attached hydrogen (secondary N) is 1. The van der Waals surface area contributed by atoms with Gasteiger partial charge in [-0.25, -0.2) is 13.9 Å². The Morgan fingerprint density at radius 3 is 2.28 bits per heavy atom. The van der Waals surface area contributed by atoms with Crippen molar-refractivity contribution in [1.29, 1.82) is 0 Å². The Morgan fingerprint density at radius 1 is 1.00 bits per heavy atom. The molecule has 3 aromatic rings. The molecule has 0 aromatic heterocycles. The lowest BCUT2D eigenvalue weighted by Crippen LogP contribution is -2.34. The number of aryl methyl sites for hydroxylation is 2. The first-order valence-corrected chi connectivity index (χ1v) is 13.1. The summed E-state index contributed by atoms with van der Waals surface area (Å²) in [4.78, 5) is 12.8. The summed E-state index contributed by atoms with van der Waals surface area (Å²) < 4.78 is 34.9. The van der Waals surface area contributed by atoms with E-state index in [1.54, 1.807) is 30.6 Å². The molecule has 0 aliphatic carbocycles. The Morgan fingerprint density at radius 2 is 1.69 bits per heavy atom. The molecule has 0 atom stereocenters. The van der Waals surface area contributed by atoms with E-state index in [4.69, 9.17) is 4.74 Å². The number of carbonyl (C=O) groups is 1. The van der Waals surface area contributed by atoms with Gasteiger partial charge in [0.15, 0.2) is 0 Å². The van der Waals surface area contributed by atoms with Crippen molar-refractivity contribution in [3.05, 3.63) is 89.0 Å². The highest BCUT2D eigenvalue weighted by Crippen LogP contribution is 2.34. The molecule has 1 amide bonds. The van der Waals surface area contributed by atoms with E-state index in [0.717, 1.165) is 11.1 Å². The summed E-state index contributed by atoms with van der Waals surface area (Å²) >= 11 is 0. The summed E-state index contributed by atoms with van der Waals surface area (Å²) in [6.45, 7) is 5.76. The third-order valence-corrected chi connectivity index (χ3v) is 7.46. The highest BCUT2D eigenvalue weighted by molar-refractivity contribution is 7.92. The van der Waals surface area contributed by atoms with Crippen LogP contribution in [-0.4, -0.2) is 26.1 Å². The standard InChI is InChI=1S/C28H30N2O5S/c1-4-7-17-35-24-13-15-25(16-14-24)36(33,34)30(20-22-11-9-8-10-12-22)27-23(6-3)18-21(5-2)19-26(27)28(31)29-32/h8-16,18-19,32H,5-6,17,20H2,1-3H3,(H,29,31). The molecule has 2 N–H and O–H groups in total. The molecule has 0 bridgehead atoms. The van der Waals surface area contributed by atoms with Crippen molar-refractivity contribution >= 4 is 21.6 Å². The molecule has 3 rings (SSSR count). The molecule has 3 aromatic carbocycles. The second kappa shape index (κ2) is 12.2. The Hall–Kier alpha value is -3.80. The SMILES string of the molecule is CC#CCOc1ccc(S(=O)(=O)N(Cc2ccccc2)c2c(CC)cc(CC)cc2C(=O)NO)cc1. The van der Waals surface area contributed by atoms with Crippen molar-refractivity contribution in [2.75, 3.05) is 10.9 Å². The van der Waals surface area contributed by atoms with Gasteiger partial charge in [0.1, 0.15) is 12.4 Å². The molecular weight excluding hydrogens is 476 g/mol. The summed E-state index contributed by atoms with van der Waals surface area (Å²) in [6, 6.07) is 18.8. The number of nitrogens with zero attached hydrogens (tertiary/aromatic N) is 1. The smallest absolute Gasteiger partial charge is 0.276 e. The van der Waals surface area contributed by atoms with Gasteiger partial charge in [-0.2, -0.15) is 0 Å². The van der Waals surface area contributed by atoms with E-state index < -0.39 is 15.9 Å². The van der Waals surface area contributed by atoms with E-state index in [0.29, 0.717) is 24.2 Å². The summed E-state index contributed by atoms with van der Waals surface area (Å²) in [6.07, 6.45) is 1.13. The summed E-state index contributed by atoms with van der Waals surface area (Å²) in [5.74, 6) is 5.26. The first-order chi connectivity index (χ1) is 17.3. The molecule has 7 nitrogen and oxygen atoms in total. The van der Waals surface area contributed by atoms with Gasteiger partial charge in [0.25, 0.3) is 15.9 Å². The van der Waals surface area contributed by atoms with E-state index in [1.807, 2.05) is 50.2 Å².